The van der Waals surface area contributed by atoms with Gasteiger partial charge in [0.1, 0.15) is 5.58 Å². The van der Waals surface area contributed by atoms with Crippen LogP contribution in [0.1, 0.15) is 0 Å². The van der Waals surface area contributed by atoms with Crippen molar-refractivity contribution in [1.82, 2.24) is 0 Å². The molecular weight excluding hydrogens is 583 g/mol. The van der Waals surface area contributed by atoms with E-state index < -0.39 is 0 Å². The third-order valence-electron chi connectivity index (χ3n) is 9.28. The Balaban J connectivity index is 1.19. The van der Waals surface area contributed by atoms with Crippen LogP contribution in [0.5, 0.6) is 0 Å². The highest BCUT2D eigenvalue weighted by Gasteiger charge is 2.21. The lowest BCUT2D eigenvalue weighted by molar-refractivity contribution is 0.669. The summed E-state index contributed by atoms with van der Waals surface area (Å²) in [5.74, 6) is 0. The molecule has 2 nitrogen and oxygen atoms in total. The molecule has 0 aliphatic rings. The van der Waals surface area contributed by atoms with Crippen molar-refractivity contribution in [2.45, 2.75) is 0 Å². The summed E-state index contributed by atoms with van der Waals surface area (Å²) in [6.45, 7) is 0. The van der Waals surface area contributed by atoms with Gasteiger partial charge in [0.25, 0.3) is 0 Å². The van der Waals surface area contributed by atoms with Crippen LogP contribution in [-0.4, -0.2) is 0 Å². The quantitative estimate of drug-likeness (QED) is 0.185. The molecule has 0 atom stereocenters. The summed E-state index contributed by atoms with van der Waals surface area (Å²) in [6.07, 6.45) is 0. The van der Waals surface area contributed by atoms with Gasteiger partial charge in [0.2, 0.25) is 0 Å². The molecule has 0 aliphatic heterocycles. The molecule has 8 aromatic carbocycles. The second kappa shape index (κ2) is 11.8. The summed E-state index contributed by atoms with van der Waals surface area (Å²) in [4.78, 5) is 2.34. The normalized spacial score (nSPS) is 11.3. The van der Waals surface area contributed by atoms with Gasteiger partial charge >= 0.3 is 0 Å². The van der Waals surface area contributed by atoms with Gasteiger partial charge in [-0.3, -0.25) is 0 Å². The number of para-hydroxylation sites is 3. The SMILES string of the molecule is c1ccc(-c2ccccc2N(c2ccc(-c3cccc(-c4cccc5ccccc45)c3)cc2)c2cccc3c2oc2ccccc23)cc1. The van der Waals surface area contributed by atoms with Crippen molar-refractivity contribution in [3.05, 3.63) is 188 Å². The number of nitrogens with zero attached hydrogens (tertiary/aromatic N) is 1. The highest BCUT2D eigenvalue weighted by atomic mass is 16.3. The molecule has 1 aromatic heterocycles. The van der Waals surface area contributed by atoms with Crippen LogP contribution < -0.4 is 4.90 Å². The highest BCUT2D eigenvalue weighted by Crippen LogP contribution is 2.45. The topological polar surface area (TPSA) is 16.4 Å². The van der Waals surface area contributed by atoms with Crippen molar-refractivity contribution in [3.63, 3.8) is 0 Å². The minimum absolute atomic E-state index is 0.869. The molecule has 48 heavy (non-hydrogen) atoms. The van der Waals surface area contributed by atoms with Gasteiger partial charge < -0.3 is 9.32 Å². The van der Waals surface area contributed by atoms with E-state index in [-0.39, 0.29) is 0 Å². The molecular formula is C46H31NO. The standard InChI is InChI=1S/C46H31NO/c1-2-13-34(14-3-1)40-20-6-8-24-43(40)47(44-25-12-23-42-41-21-7-9-26-45(41)48-46(42)44)37-29-27-32(28-30-37)35-17-10-18-36(31-35)39-22-11-16-33-15-4-5-19-38(33)39/h1-31H. The molecule has 0 saturated carbocycles. The number of benzene rings is 8. The first-order valence-electron chi connectivity index (χ1n) is 16.4. The van der Waals surface area contributed by atoms with Gasteiger partial charge in [-0.1, -0.05) is 152 Å². The lowest BCUT2D eigenvalue weighted by Gasteiger charge is -2.28. The Morgan fingerprint density at radius 3 is 1.85 bits per heavy atom. The molecule has 9 rings (SSSR count). The number of furan rings is 1. The van der Waals surface area contributed by atoms with E-state index in [1.165, 1.54) is 33.0 Å². The average Bonchev–Trinajstić information content (AvgIpc) is 3.55. The highest BCUT2D eigenvalue weighted by molar-refractivity contribution is 6.10. The Labute approximate surface area is 279 Å². The lowest BCUT2D eigenvalue weighted by atomic mass is 9.95. The first-order chi connectivity index (χ1) is 23.8. The maximum atomic E-state index is 6.59. The van der Waals surface area contributed by atoms with E-state index in [1.807, 2.05) is 12.1 Å². The minimum atomic E-state index is 0.869. The van der Waals surface area contributed by atoms with Crippen LogP contribution in [0, 0.1) is 0 Å². The molecule has 0 radical (unpaired) electrons. The predicted octanol–water partition coefficient (Wildman–Crippen LogP) is 13.2. The predicted molar refractivity (Wildman–Crippen MR) is 202 cm³/mol. The third-order valence-corrected chi connectivity index (χ3v) is 9.28. The second-order valence-corrected chi connectivity index (χ2v) is 12.1. The van der Waals surface area contributed by atoms with E-state index in [9.17, 15) is 0 Å². The largest absolute Gasteiger partial charge is 0.454 e. The Hall–Kier alpha value is -6.38. The summed E-state index contributed by atoms with van der Waals surface area (Å²) >= 11 is 0. The Morgan fingerprint density at radius 2 is 0.958 bits per heavy atom. The molecule has 0 saturated heterocycles. The van der Waals surface area contributed by atoms with Crippen molar-refractivity contribution in [2.75, 3.05) is 4.90 Å². The van der Waals surface area contributed by atoms with Gasteiger partial charge in [-0.25, -0.2) is 0 Å². The first-order valence-corrected chi connectivity index (χ1v) is 16.4. The van der Waals surface area contributed by atoms with E-state index in [2.05, 4.69) is 181 Å². The van der Waals surface area contributed by atoms with Crippen molar-refractivity contribution in [2.24, 2.45) is 0 Å². The molecule has 0 unspecified atom stereocenters. The van der Waals surface area contributed by atoms with Crippen LogP contribution in [-0.2, 0) is 0 Å². The minimum Gasteiger partial charge on any atom is -0.454 e. The zero-order valence-electron chi connectivity index (χ0n) is 26.3. The van der Waals surface area contributed by atoms with Crippen molar-refractivity contribution in [3.8, 4) is 33.4 Å². The van der Waals surface area contributed by atoms with Gasteiger partial charge in [-0.05, 0) is 75.0 Å². The van der Waals surface area contributed by atoms with Crippen LogP contribution in [0.25, 0.3) is 66.1 Å². The molecule has 226 valence electrons. The Bertz CT molecular complexity index is 2560. The maximum Gasteiger partial charge on any atom is 0.159 e. The maximum absolute atomic E-state index is 6.59. The van der Waals surface area contributed by atoms with Crippen LogP contribution in [0.15, 0.2) is 192 Å². The smallest absolute Gasteiger partial charge is 0.159 e. The van der Waals surface area contributed by atoms with Crippen molar-refractivity contribution < 1.29 is 4.42 Å². The molecule has 0 aliphatic carbocycles. The summed E-state index contributed by atoms with van der Waals surface area (Å²) in [5, 5.41) is 4.74. The molecule has 0 N–H and O–H groups in total. The lowest BCUT2D eigenvalue weighted by Crippen LogP contribution is -2.11. The Kier molecular flexibility index (Phi) is 6.84. The number of hydrogen-bond donors (Lipinski definition) is 0. The fraction of sp³-hybridized carbons (Fsp3) is 0. The van der Waals surface area contributed by atoms with Gasteiger partial charge in [-0.2, -0.15) is 0 Å². The van der Waals surface area contributed by atoms with E-state index in [0.717, 1.165) is 50.1 Å². The average molecular weight is 614 g/mol. The molecule has 0 spiro atoms. The molecule has 0 bridgehead atoms. The second-order valence-electron chi connectivity index (χ2n) is 12.1. The number of fused-ring (bicyclic) bond motifs is 4. The van der Waals surface area contributed by atoms with E-state index in [1.54, 1.807) is 0 Å². The van der Waals surface area contributed by atoms with Crippen LogP contribution in [0.4, 0.5) is 17.1 Å². The molecule has 1 heterocycles. The summed E-state index contributed by atoms with van der Waals surface area (Å²) < 4.78 is 6.59. The molecule has 0 fully saturated rings. The van der Waals surface area contributed by atoms with Crippen molar-refractivity contribution >= 4 is 49.8 Å². The number of anilines is 3. The summed E-state index contributed by atoms with van der Waals surface area (Å²) in [5.41, 5.74) is 12.0. The molecule has 0 amide bonds. The van der Waals surface area contributed by atoms with E-state index in [4.69, 9.17) is 4.42 Å². The Morgan fingerprint density at radius 1 is 0.354 bits per heavy atom. The van der Waals surface area contributed by atoms with Gasteiger partial charge in [0.05, 0.1) is 11.4 Å². The first kappa shape index (κ1) is 27.9. The third kappa shape index (κ3) is 4.83. The summed E-state index contributed by atoms with van der Waals surface area (Å²) in [7, 11) is 0. The van der Waals surface area contributed by atoms with Gasteiger partial charge in [0.15, 0.2) is 5.58 Å². The molecule has 9 aromatic rings. The number of rotatable bonds is 6. The van der Waals surface area contributed by atoms with Crippen LogP contribution >= 0.6 is 0 Å². The fourth-order valence-corrected chi connectivity index (χ4v) is 6.99. The monoisotopic (exact) mass is 613 g/mol. The molecule has 2 heteroatoms. The van der Waals surface area contributed by atoms with Crippen molar-refractivity contribution in [1.29, 1.82) is 0 Å². The zero-order valence-corrected chi connectivity index (χ0v) is 26.3. The van der Waals surface area contributed by atoms with E-state index in [0.29, 0.717) is 0 Å². The number of hydrogen-bond acceptors (Lipinski definition) is 2. The van der Waals surface area contributed by atoms with E-state index >= 15 is 0 Å². The fourth-order valence-electron chi connectivity index (χ4n) is 6.99. The summed E-state index contributed by atoms with van der Waals surface area (Å²) in [6, 6.07) is 66.8. The van der Waals surface area contributed by atoms with Crippen LogP contribution in [0.3, 0.4) is 0 Å². The zero-order chi connectivity index (χ0) is 31.9. The van der Waals surface area contributed by atoms with Crippen LogP contribution in [0.2, 0.25) is 0 Å². The van der Waals surface area contributed by atoms with Gasteiger partial charge in [-0.15, -0.1) is 0 Å². The van der Waals surface area contributed by atoms with Gasteiger partial charge in [0, 0.05) is 22.0 Å².